The maximum atomic E-state index is 12.2. The van der Waals surface area contributed by atoms with Gasteiger partial charge in [0.15, 0.2) is 6.29 Å². The quantitative estimate of drug-likeness (QED) is 0.542. The molecule has 7 nitrogen and oxygen atoms in total. The number of anilines is 1. The molecule has 0 aliphatic heterocycles. The summed E-state index contributed by atoms with van der Waals surface area (Å²) >= 11 is 1.65. The average Bonchev–Trinajstić information content (AvgIpc) is 3.16. The summed E-state index contributed by atoms with van der Waals surface area (Å²) in [7, 11) is 5.03. The minimum absolute atomic E-state index is 0.0618. The molecule has 1 N–H and O–H groups in total. The van der Waals surface area contributed by atoms with Crippen LogP contribution in [0.1, 0.15) is 12.2 Å². The van der Waals surface area contributed by atoms with Crippen molar-refractivity contribution < 1.29 is 14.3 Å². The van der Waals surface area contributed by atoms with Crippen LogP contribution in [0.3, 0.4) is 0 Å². The van der Waals surface area contributed by atoms with Crippen molar-refractivity contribution in [2.75, 3.05) is 39.3 Å². The van der Waals surface area contributed by atoms with Gasteiger partial charge in [-0.15, -0.1) is 11.3 Å². The molecule has 0 radical (unpaired) electrons. The van der Waals surface area contributed by atoms with E-state index in [1.54, 1.807) is 25.6 Å². The summed E-state index contributed by atoms with van der Waals surface area (Å²) in [6.45, 7) is 2.75. The van der Waals surface area contributed by atoms with Gasteiger partial charge in [-0.25, -0.2) is 9.97 Å². The largest absolute Gasteiger partial charge is 0.359 e. The highest BCUT2D eigenvalue weighted by Crippen LogP contribution is 2.36. The van der Waals surface area contributed by atoms with Crippen LogP contribution in [0.2, 0.25) is 0 Å². The molecule has 3 rings (SSSR count). The molecule has 0 fully saturated rings. The Morgan fingerprint density at radius 3 is 2.62 bits per heavy atom. The third-order valence-electron chi connectivity index (χ3n) is 4.57. The maximum Gasteiger partial charge on any atom is 0.221 e. The summed E-state index contributed by atoms with van der Waals surface area (Å²) in [6, 6.07) is 12.4. The van der Waals surface area contributed by atoms with Crippen LogP contribution in [0, 0.1) is 6.92 Å². The molecule has 154 valence electrons. The van der Waals surface area contributed by atoms with Gasteiger partial charge in [0.2, 0.25) is 5.91 Å². The van der Waals surface area contributed by atoms with E-state index in [9.17, 15) is 4.79 Å². The minimum Gasteiger partial charge on any atom is -0.359 e. The number of methoxy groups -OCH3 is 2. The number of aromatic nitrogens is 2. The first-order valence-corrected chi connectivity index (χ1v) is 10.2. The summed E-state index contributed by atoms with van der Waals surface area (Å²) in [4.78, 5) is 25.5. The molecular formula is C21H26N4O3S. The smallest absolute Gasteiger partial charge is 0.221 e. The van der Waals surface area contributed by atoms with Crippen LogP contribution in [0.5, 0.6) is 0 Å². The minimum atomic E-state index is -0.442. The Bertz CT molecular complexity index is 957. The summed E-state index contributed by atoms with van der Waals surface area (Å²) in [5.41, 5.74) is 1.16. The van der Waals surface area contributed by atoms with Crippen LogP contribution in [0.15, 0.2) is 36.4 Å². The van der Waals surface area contributed by atoms with Crippen LogP contribution in [0.4, 0.5) is 5.82 Å². The zero-order valence-electron chi connectivity index (χ0n) is 17.1. The number of hydrogen-bond donors (Lipinski definition) is 1. The maximum absolute atomic E-state index is 12.2. The number of amides is 1. The molecule has 3 aromatic rings. The molecule has 0 spiro atoms. The van der Waals surface area contributed by atoms with Gasteiger partial charge in [-0.05, 0) is 18.6 Å². The normalized spacial score (nSPS) is 11.2. The van der Waals surface area contributed by atoms with Gasteiger partial charge in [0, 0.05) is 39.1 Å². The van der Waals surface area contributed by atoms with Gasteiger partial charge in [0.05, 0.1) is 11.9 Å². The fourth-order valence-corrected chi connectivity index (χ4v) is 4.05. The van der Waals surface area contributed by atoms with Crippen molar-refractivity contribution in [3.05, 3.63) is 42.2 Å². The second kappa shape index (κ2) is 9.78. The van der Waals surface area contributed by atoms with Gasteiger partial charge >= 0.3 is 0 Å². The number of benzene rings is 1. The second-order valence-electron chi connectivity index (χ2n) is 6.67. The second-order valence-corrected chi connectivity index (χ2v) is 7.70. The van der Waals surface area contributed by atoms with Crippen molar-refractivity contribution in [2.45, 2.75) is 19.6 Å². The van der Waals surface area contributed by atoms with E-state index in [1.807, 2.05) is 37.1 Å². The van der Waals surface area contributed by atoms with Gasteiger partial charge in [-0.1, -0.05) is 30.3 Å². The van der Waals surface area contributed by atoms with E-state index in [1.165, 1.54) is 0 Å². The Kier molecular flexibility index (Phi) is 7.13. The van der Waals surface area contributed by atoms with Crippen molar-refractivity contribution in [3.8, 4) is 10.4 Å². The average molecular weight is 415 g/mol. The number of fused-ring (bicyclic) bond motifs is 1. The highest BCUT2D eigenvalue weighted by atomic mass is 32.1. The molecule has 0 aliphatic rings. The molecule has 2 aromatic heterocycles. The Hall–Kier alpha value is -2.55. The zero-order valence-corrected chi connectivity index (χ0v) is 18.0. The number of nitrogens with zero attached hydrogens (tertiary/aromatic N) is 3. The molecule has 0 bridgehead atoms. The van der Waals surface area contributed by atoms with Gasteiger partial charge in [0.25, 0.3) is 0 Å². The van der Waals surface area contributed by atoms with Gasteiger partial charge in [0.1, 0.15) is 16.5 Å². The van der Waals surface area contributed by atoms with E-state index in [0.29, 0.717) is 25.3 Å². The fraction of sp³-hybridized carbons (Fsp3) is 0.381. The highest BCUT2D eigenvalue weighted by Gasteiger charge is 2.16. The Morgan fingerprint density at radius 1 is 1.21 bits per heavy atom. The Balaban J connectivity index is 1.73. The molecule has 0 unspecified atom stereocenters. The third kappa shape index (κ3) is 5.29. The van der Waals surface area contributed by atoms with E-state index in [-0.39, 0.29) is 5.91 Å². The highest BCUT2D eigenvalue weighted by molar-refractivity contribution is 7.21. The Morgan fingerprint density at radius 2 is 1.93 bits per heavy atom. The van der Waals surface area contributed by atoms with Crippen molar-refractivity contribution >= 4 is 33.3 Å². The number of ether oxygens (including phenoxy) is 2. The van der Waals surface area contributed by atoms with Gasteiger partial charge < -0.3 is 19.7 Å². The molecule has 0 aliphatic carbocycles. The molecule has 1 aromatic carbocycles. The number of rotatable bonds is 9. The lowest BCUT2D eigenvalue weighted by molar-refractivity contribution is -0.127. The van der Waals surface area contributed by atoms with E-state index >= 15 is 0 Å². The lowest BCUT2D eigenvalue weighted by Gasteiger charge is -2.19. The summed E-state index contributed by atoms with van der Waals surface area (Å²) in [5, 5.41) is 3.82. The molecule has 2 heterocycles. The molecule has 0 atom stereocenters. The lowest BCUT2D eigenvalue weighted by atomic mass is 10.2. The summed E-state index contributed by atoms with van der Waals surface area (Å²) in [5.74, 6) is 1.49. The van der Waals surface area contributed by atoms with Crippen molar-refractivity contribution in [2.24, 2.45) is 0 Å². The molecule has 1 amide bonds. The Labute approximate surface area is 174 Å². The molecule has 0 saturated carbocycles. The van der Waals surface area contributed by atoms with Crippen LogP contribution in [-0.2, 0) is 14.3 Å². The van der Waals surface area contributed by atoms with Gasteiger partial charge in [-0.3, -0.25) is 4.79 Å². The fourth-order valence-electron chi connectivity index (χ4n) is 2.97. The number of carbonyl (C=O) groups excluding carboxylic acids is 1. The summed E-state index contributed by atoms with van der Waals surface area (Å²) in [6.07, 6.45) is -0.0975. The topological polar surface area (TPSA) is 76.6 Å². The molecular weight excluding hydrogens is 388 g/mol. The first kappa shape index (κ1) is 21.2. The number of aryl methyl sites for hydroxylation is 1. The monoisotopic (exact) mass is 414 g/mol. The number of hydrogen-bond acceptors (Lipinski definition) is 7. The van der Waals surface area contributed by atoms with Crippen LogP contribution < -0.4 is 10.2 Å². The van der Waals surface area contributed by atoms with Crippen LogP contribution >= 0.6 is 11.3 Å². The van der Waals surface area contributed by atoms with Crippen LogP contribution in [0.25, 0.3) is 20.7 Å². The van der Waals surface area contributed by atoms with E-state index < -0.39 is 6.29 Å². The van der Waals surface area contributed by atoms with Crippen molar-refractivity contribution in [3.63, 3.8) is 0 Å². The summed E-state index contributed by atoms with van der Waals surface area (Å²) < 4.78 is 10.2. The number of carbonyl (C=O) groups is 1. The van der Waals surface area contributed by atoms with E-state index in [0.717, 1.165) is 26.5 Å². The van der Waals surface area contributed by atoms with Crippen molar-refractivity contribution in [1.29, 1.82) is 0 Å². The lowest BCUT2D eigenvalue weighted by Crippen LogP contribution is -2.35. The van der Waals surface area contributed by atoms with Crippen molar-refractivity contribution in [1.82, 2.24) is 15.3 Å². The molecule has 0 saturated heterocycles. The number of nitrogens with one attached hydrogen (secondary N) is 1. The predicted octanol–water partition coefficient (Wildman–Crippen LogP) is 3.23. The third-order valence-corrected chi connectivity index (χ3v) is 5.65. The van der Waals surface area contributed by atoms with E-state index in [2.05, 4.69) is 33.5 Å². The first-order valence-electron chi connectivity index (χ1n) is 9.39. The van der Waals surface area contributed by atoms with Gasteiger partial charge in [-0.2, -0.15) is 0 Å². The SMILES string of the molecule is COC(CNC(=O)CCN(C)c1nc(C)nc2sc(-c3ccccc3)cc12)OC. The molecule has 8 heteroatoms. The standard InChI is InChI=1S/C21H26N4O3S/c1-14-23-20(25(2)11-10-18(26)22-13-19(27-3)28-4)16-12-17(29-21(16)24-14)15-8-6-5-7-9-15/h5-9,12,19H,10-11,13H2,1-4H3,(H,22,26). The number of thiophene rings is 1. The van der Waals surface area contributed by atoms with E-state index in [4.69, 9.17) is 9.47 Å². The predicted molar refractivity (Wildman–Crippen MR) is 116 cm³/mol. The van der Waals surface area contributed by atoms with Crippen LogP contribution in [-0.4, -0.2) is 56.5 Å². The first-order chi connectivity index (χ1) is 14.0. The zero-order chi connectivity index (χ0) is 20.8. The molecule has 29 heavy (non-hydrogen) atoms.